The molecule has 0 saturated heterocycles. The summed E-state index contributed by atoms with van der Waals surface area (Å²) in [6.45, 7) is 8.62. The quantitative estimate of drug-likeness (QED) is 0.231. The van der Waals surface area contributed by atoms with Crippen LogP contribution in [0.2, 0.25) is 0 Å². The molecule has 3 atom stereocenters. The minimum absolute atomic E-state index is 0.108. The van der Waals surface area contributed by atoms with E-state index in [-0.39, 0.29) is 18.1 Å². The van der Waals surface area contributed by atoms with E-state index < -0.39 is 0 Å². The zero-order chi connectivity index (χ0) is 28.6. The van der Waals surface area contributed by atoms with Crippen molar-refractivity contribution in [3.63, 3.8) is 0 Å². The maximum atomic E-state index is 12.2. The van der Waals surface area contributed by atoms with Gasteiger partial charge < -0.3 is 29.6 Å². The summed E-state index contributed by atoms with van der Waals surface area (Å²) >= 11 is 0. The molecule has 40 heavy (non-hydrogen) atoms. The molecule has 0 aliphatic heterocycles. The van der Waals surface area contributed by atoms with Gasteiger partial charge in [0.2, 0.25) is 5.91 Å². The van der Waals surface area contributed by atoms with Crippen LogP contribution in [0.1, 0.15) is 76.6 Å². The molecule has 3 unspecified atom stereocenters. The van der Waals surface area contributed by atoms with Gasteiger partial charge in [-0.05, 0) is 76.5 Å². The fourth-order valence-corrected chi connectivity index (χ4v) is 5.57. The highest BCUT2D eigenvalue weighted by Crippen LogP contribution is 2.52. The molecular weight excluding hydrogens is 514 g/mol. The Bertz CT molecular complexity index is 879. The molecule has 0 aromatic carbocycles. The van der Waals surface area contributed by atoms with Crippen molar-refractivity contribution < 1.29 is 28.5 Å². The number of rotatable bonds is 20. The summed E-state index contributed by atoms with van der Waals surface area (Å²) in [4.78, 5) is 24.3. The van der Waals surface area contributed by atoms with Gasteiger partial charge in [0.15, 0.2) is 0 Å². The van der Waals surface area contributed by atoms with E-state index in [1.165, 1.54) is 5.69 Å². The number of methoxy groups -OCH3 is 1. The second kappa shape index (κ2) is 18.2. The van der Waals surface area contributed by atoms with Crippen LogP contribution in [0, 0.1) is 17.8 Å². The molecule has 2 aliphatic carbocycles. The highest BCUT2D eigenvalue weighted by atomic mass is 16.6. The highest BCUT2D eigenvalue weighted by molar-refractivity contribution is 5.75. The Morgan fingerprint density at radius 2 is 1.75 bits per heavy atom. The summed E-state index contributed by atoms with van der Waals surface area (Å²) in [5.74, 6) is 1.69. The largest absolute Gasteiger partial charge is 0.449 e. The van der Waals surface area contributed by atoms with E-state index >= 15 is 0 Å². The Labute approximate surface area is 239 Å². The summed E-state index contributed by atoms with van der Waals surface area (Å²) in [5, 5.41) is 14.6. The number of nitrogens with zero attached hydrogens (tertiary/aromatic N) is 3. The Morgan fingerprint density at radius 3 is 2.55 bits per heavy atom. The van der Waals surface area contributed by atoms with Crippen LogP contribution in [0.25, 0.3) is 0 Å². The van der Waals surface area contributed by atoms with Crippen LogP contribution >= 0.6 is 0 Å². The number of ether oxygens (including phenoxy) is 4. The first kappa shape index (κ1) is 32.3. The SMILES string of the molecule is COCCCCCCNC(=O)CCCn1nnc2c1CCC1C(CC2)C1COC(=O)NCCOCCOC(C)C. The Kier molecular flexibility index (Phi) is 14.7. The number of amides is 2. The Hall–Kier alpha value is -2.24. The zero-order valence-corrected chi connectivity index (χ0v) is 24.8. The summed E-state index contributed by atoms with van der Waals surface area (Å²) in [7, 11) is 1.73. The van der Waals surface area contributed by atoms with E-state index in [1.807, 2.05) is 18.5 Å². The molecule has 2 amide bonds. The maximum Gasteiger partial charge on any atom is 0.407 e. The summed E-state index contributed by atoms with van der Waals surface area (Å²) in [6, 6.07) is 0. The topological polar surface area (TPSA) is 126 Å². The van der Waals surface area contributed by atoms with Gasteiger partial charge in [0, 0.05) is 39.8 Å². The summed E-state index contributed by atoms with van der Waals surface area (Å²) in [5.41, 5.74) is 2.29. The predicted molar refractivity (Wildman–Crippen MR) is 151 cm³/mol. The van der Waals surface area contributed by atoms with Crippen molar-refractivity contribution in [2.24, 2.45) is 17.8 Å². The Balaban J connectivity index is 1.26. The molecule has 0 bridgehead atoms. The van der Waals surface area contributed by atoms with Crippen molar-refractivity contribution in [1.82, 2.24) is 25.6 Å². The van der Waals surface area contributed by atoms with Gasteiger partial charge in [-0.3, -0.25) is 4.79 Å². The smallest absolute Gasteiger partial charge is 0.407 e. The molecule has 0 spiro atoms. The van der Waals surface area contributed by atoms with Crippen molar-refractivity contribution in [2.45, 2.75) is 90.7 Å². The number of aromatic nitrogens is 3. The number of carbonyl (C=O) groups excluding carboxylic acids is 2. The highest BCUT2D eigenvalue weighted by Gasteiger charge is 2.50. The number of aryl methyl sites for hydroxylation is 2. The molecule has 1 aromatic rings. The second-order valence-corrected chi connectivity index (χ2v) is 11.2. The fraction of sp³-hybridized carbons (Fsp3) is 0.862. The van der Waals surface area contributed by atoms with Gasteiger partial charge in [-0.25, -0.2) is 9.48 Å². The van der Waals surface area contributed by atoms with Crippen LogP contribution in [-0.4, -0.2) is 86.3 Å². The number of carbonyl (C=O) groups is 2. The maximum absolute atomic E-state index is 12.2. The molecule has 2 N–H and O–H groups in total. The number of alkyl carbamates (subject to hydrolysis) is 1. The third-order valence-electron chi connectivity index (χ3n) is 7.83. The van der Waals surface area contributed by atoms with Crippen LogP contribution in [0.3, 0.4) is 0 Å². The average molecular weight is 566 g/mol. The number of nitrogens with one attached hydrogen (secondary N) is 2. The van der Waals surface area contributed by atoms with Gasteiger partial charge in [0.25, 0.3) is 0 Å². The third-order valence-corrected chi connectivity index (χ3v) is 7.83. The zero-order valence-electron chi connectivity index (χ0n) is 24.8. The van der Waals surface area contributed by atoms with Crippen molar-refractivity contribution in [1.29, 1.82) is 0 Å². The predicted octanol–water partition coefficient (Wildman–Crippen LogP) is 3.29. The monoisotopic (exact) mass is 565 g/mol. The van der Waals surface area contributed by atoms with E-state index in [1.54, 1.807) is 7.11 Å². The van der Waals surface area contributed by atoms with Crippen LogP contribution < -0.4 is 10.6 Å². The van der Waals surface area contributed by atoms with Crippen molar-refractivity contribution in [2.75, 3.05) is 53.2 Å². The molecular formula is C29H51N5O6. The molecule has 0 radical (unpaired) electrons. The van der Waals surface area contributed by atoms with Gasteiger partial charge >= 0.3 is 6.09 Å². The number of unbranched alkanes of at least 4 members (excludes halogenated alkanes) is 3. The van der Waals surface area contributed by atoms with Crippen LogP contribution in [0.15, 0.2) is 0 Å². The van der Waals surface area contributed by atoms with Crippen LogP contribution in [0.5, 0.6) is 0 Å². The van der Waals surface area contributed by atoms with E-state index in [0.29, 0.717) is 63.7 Å². The van der Waals surface area contributed by atoms with E-state index in [4.69, 9.17) is 18.9 Å². The first-order valence-corrected chi connectivity index (χ1v) is 15.3. The minimum atomic E-state index is -0.381. The normalized spacial score (nSPS) is 19.9. The number of fused-ring (bicyclic) bond motifs is 2. The molecule has 1 fully saturated rings. The molecule has 1 heterocycles. The van der Waals surface area contributed by atoms with Crippen molar-refractivity contribution >= 4 is 12.0 Å². The van der Waals surface area contributed by atoms with Gasteiger partial charge in [0.1, 0.15) is 0 Å². The first-order chi connectivity index (χ1) is 19.5. The van der Waals surface area contributed by atoms with E-state index in [9.17, 15) is 9.59 Å². The standard InChI is InChI=1S/C29H51N5O6/c1-22(2)39-20-19-38-18-15-31-29(36)40-21-25-23-10-12-26-27(13-11-24(23)25)34(33-32-26)16-8-9-28(35)30-14-6-4-5-7-17-37-3/h22-25H,4-21H2,1-3H3,(H,30,35)(H,31,36). The summed E-state index contributed by atoms with van der Waals surface area (Å²) in [6.07, 6.45) is 9.34. The molecule has 2 aliphatic rings. The first-order valence-electron chi connectivity index (χ1n) is 15.3. The molecule has 3 rings (SSSR count). The fourth-order valence-electron chi connectivity index (χ4n) is 5.57. The lowest BCUT2D eigenvalue weighted by atomic mass is 10.0. The van der Waals surface area contributed by atoms with Crippen molar-refractivity contribution in [3.8, 4) is 0 Å². The minimum Gasteiger partial charge on any atom is -0.449 e. The van der Waals surface area contributed by atoms with Crippen molar-refractivity contribution in [3.05, 3.63) is 11.4 Å². The molecule has 228 valence electrons. The van der Waals surface area contributed by atoms with Gasteiger partial charge in [-0.1, -0.05) is 18.1 Å². The van der Waals surface area contributed by atoms with Gasteiger partial charge in [-0.15, -0.1) is 5.10 Å². The molecule has 11 heteroatoms. The van der Waals surface area contributed by atoms with E-state index in [0.717, 1.165) is 76.6 Å². The van der Waals surface area contributed by atoms with Gasteiger partial charge in [0.05, 0.1) is 43.9 Å². The lowest BCUT2D eigenvalue weighted by molar-refractivity contribution is -0.121. The van der Waals surface area contributed by atoms with Crippen LogP contribution in [0.4, 0.5) is 4.79 Å². The molecule has 1 aromatic heterocycles. The second-order valence-electron chi connectivity index (χ2n) is 11.2. The van der Waals surface area contributed by atoms with E-state index in [2.05, 4.69) is 20.9 Å². The average Bonchev–Trinajstić information content (AvgIpc) is 3.44. The Morgan fingerprint density at radius 1 is 0.950 bits per heavy atom. The lowest BCUT2D eigenvalue weighted by Crippen LogP contribution is -2.29. The van der Waals surface area contributed by atoms with Gasteiger partial charge in [-0.2, -0.15) is 0 Å². The number of hydrogen-bond donors (Lipinski definition) is 2. The molecule has 11 nitrogen and oxygen atoms in total. The summed E-state index contributed by atoms with van der Waals surface area (Å²) < 4.78 is 23.4. The number of hydrogen-bond acceptors (Lipinski definition) is 8. The molecule has 1 saturated carbocycles. The lowest BCUT2D eigenvalue weighted by Gasteiger charge is -2.11. The third kappa shape index (κ3) is 11.7. The van der Waals surface area contributed by atoms with Crippen LogP contribution in [-0.2, 0) is 43.1 Å².